The van der Waals surface area contributed by atoms with Crippen LogP contribution in [0.4, 0.5) is 0 Å². The van der Waals surface area contributed by atoms with E-state index in [9.17, 15) is 24.0 Å². The molecule has 0 heterocycles. The number of aliphatic carboxylic acids is 4. The number of ether oxygens (including phenoxy) is 1. The summed E-state index contributed by atoms with van der Waals surface area (Å²) in [7, 11) is 0. The van der Waals surface area contributed by atoms with Gasteiger partial charge < -0.3 is 25.2 Å². The molecule has 124 valence electrons. The number of carbonyl (C=O) groups is 5. The quantitative estimate of drug-likeness (QED) is 0.398. The molecular formula is C12H16O10. The molecule has 10 heteroatoms. The lowest BCUT2D eigenvalue weighted by molar-refractivity contribution is -0.140. The smallest absolute Gasteiger partial charge is 0.328 e. The molecule has 0 aliphatic heterocycles. The third-order valence-electron chi connectivity index (χ3n) is 1.08. The molecule has 0 aliphatic carbocycles. The van der Waals surface area contributed by atoms with Crippen LogP contribution < -0.4 is 0 Å². The van der Waals surface area contributed by atoms with Gasteiger partial charge in [-0.1, -0.05) is 0 Å². The lowest BCUT2D eigenvalue weighted by atomic mass is 10.5. The van der Waals surface area contributed by atoms with E-state index in [0.29, 0.717) is 30.9 Å². The van der Waals surface area contributed by atoms with Crippen molar-refractivity contribution in [3.05, 3.63) is 24.3 Å². The largest absolute Gasteiger partial charge is 0.478 e. The second kappa shape index (κ2) is 15.9. The van der Waals surface area contributed by atoms with E-state index in [1.807, 2.05) is 0 Å². The second-order valence-electron chi connectivity index (χ2n) is 2.94. The van der Waals surface area contributed by atoms with Crippen LogP contribution in [0.5, 0.6) is 0 Å². The van der Waals surface area contributed by atoms with Crippen molar-refractivity contribution in [3.8, 4) is 0 Å². The van der Waals surface area contributed by atoms with Crippen molar-refractivity contribution >= 4 is 29.8 Å². The molecule has 4 N–H and O–H groups in total. The first-order chi connectivity index (χ1) is 10.0. The molecule has 10 nitrogen and oxygen atoms in total. The fraction of sp³-hybridized carbons (Fsp3) is 0.250. The third-order valence-corrected chi connectivity index (χ3v) is 1.08. The van der Waals surface area contributed by atoms with Crippen LogP contribution in [0.1, 0.15) is 13.8 Å². The number of rotatable bonds is 5. The standard InChI is InChI=1S/2C4H4O4.C4H8O2/c2*5-3(6)1-2-4(7)8;1-3-6-4(2)5/h2*1-2H,(H,5,6)(H,7,8);3H2,1-2H3/b2*2-1+;. The van der Waals surface area contributed by atoms with Gasteiger partial charge in [0.25, 0.3) is 0 Å². The number of carboxylic acid groups (broad SMARTS) is 4. The van der Waals surface area contributed by atoms with Crippen LogP contribution in [0.25, 0.3) is 0 Å². The van der Waals surface area contributed by atoms with Gasteiger partial charge in [-0.2, -0.15) is 0 Å². The monoisotopic (exact) mass is 320 g/mol. The number of esters is 1. The van der Waals surface area contributed by atoms with E-state index in [1.54, 1.807) is 6.92 Å². The molecule has 0 amide bonds. The molecule has 0 aromatic rings. The Hall–Kier alpha value is -3.17. The molecule has 0 bridgehead atoms. The molecule has 0 rings (SSSR count). The van der Waals surface area contributed by atoms with Gasteiger partial charge >= 0.3 is 29.8 Å². The van der Waals surface area contributed by atoms with E-state index >= 15 is 0 Å². The second-order valence-corrected chi connectivity index (χ2v) is 2.94. The fourth-order valence-corrected chi connectivity index (χ4v) is 0.488. The first-order valence-electron chi connectivity index (χ1n) is 5.44. The predicted molar refractivity (Wildman–Crippen MR) is 71.1 cm³/mol. The van der Waals surface area contributed by atoms with Crippen LogP contribution >= 0.6 is 0 Å². The van der Waals surface area contributed by atoms with Crippen molar-refractivity contribution in [1.82, 2.24) is 0 Å². The lowest BCUT2D eigenvalue weighted by Gasteiger charge is -1.89. The predicted octanol–water partition coefficient (Wildman–Crippen LogP) is -0.00700. The Morgan fingerprint density at radius 3 is 1.00 bits per heavy atom. The molecule has 0 unspecified atom stereocenters. The van der Waals surface area contributed by atoms with E-state index in [0.717, 1.165) is 0 Å². The Kier molecular flexibility index (Phi) is 17.2. The Bertz CT molecular complexity index is 381. The summed E-state index contributed by atoms with van der Waals surface area (Å²) in [5, 5.41) is 31.2. The summed E-state index contributed by atoms with van der Waals surface area (Å²) in [6, 6.07) is 0. The van der Waals surface area contributed by atoms with E-state index in [1.165, 1.54) is 6.92 Å². The molecular weight excluding hydrogens is 304 g/mol. The van der Waals surface area contributed by atoms with E-state index < -0.39 is 23.9 Å². The SMILES string of the molecule is CCOC(C)=O.O=C(O)/C=C/C(=O)O.O=C(O)/C=C/C(=O)O. The average Bonchev–Trinajstić information content (AvgIpc) is 2.35. The molecule has 0 atom stereocenters. The topological polar surface area (TPSA) is 176 Å². The van der Waals surface area contributed by atoms with Crippen LogP contribution in [-0.2, 0) is 28.7 Å². The van der Waals surface area contributed by atoms with Crippen LogP contribution in [-0.4, -0.2) is 56.9 Å². The molecule has 22 heavy (non-hydrogen) atoms. The maximum absolute atomic E-state index is 9.82. The van der Waals surface area contributed by atoms with Crippen molar-refractivity contribution in [1.29, 1.82) is 0 Å². The third kappa shape index (κ3) is 43.6. The minimum Gasteiger partial charge on any atom is -0.478 e. The van der Waals surface area contributed by atoms with Gasteiger partial charge in [-0.05, 0) is 6.92 Å². The Morgan fingerprint density at radius 2 is 0.955 bits per heavy atom. The average molecular weight is 320 g/mol. The van der Waals surface area contributed by atoms with Crippen molar-refractivity contribution in [2.24, 2.45) is 0 Å². The van der Waals surface area contributed by atoms with Gasteiger partial charge in [0.1, 0.15) is 0 Å². The zero-order chi connectivity index (χ0) is 18.1. The molecule has 0 aliphatic rings. The maximum atomic E-state index is 9.82. The van der Waals surface area contributed by atoms with Crippen molar-refractivity contribution in [2.75, 3.05) is 6.61 Å². The van der Waals surface area contributed by atoms with Crippen molar-refractivity contribution in [3.63, 3.8) is 0 Å². The highest BCUT2D eigenvalue weighted by atomic mass is 16.5. The van der Waals surface area contributed by atoms with Crippen LogP contribution in [0.15, 0.2) is 24.3 Å². The normalized spacial score (nSPS) is 9.00. The van der Waals surface area contributed by atoms with Gasteiger partial charge in [0.05, 0.1) is 6.61 Å². The van der Waals surface area contributed by atoms with E-state index in [-0.39, 0.29) is 5.97 Å². The summed E-state index contributed by atoms with van der Waals surface area (Å²) < 4.78 is 4.40. The van der Waals surface area contributed by atoms with E-state index in [4.69, 9.17) is 20.4 Å². The number of hydrogen-bond donors (Lipinski definition) is 4. The van der Waals surface area contributed by atoms with Gasteiger partial charge in [-0.15, -0.1) is 0 Å². The highest BCUT2D eigenvalue weighted by Gasteiger charge is 1.88. The lowest BCUT2D eigenvalue weighted by Crippen LogP contribution is -1.95. The maximum Gasteiger partial charge on any atom is 0.328 e. The van der Waals surface area contributed by atoms with Gasteiger partial charge in [-0.3, -0.25) is 4.79 Å². The molecule has 0 aromatic carbocycles. The van der Waals surface area contributed by atoms with Crippen molar-refractivity contribution < 1.29 is 49.1 Å². The first-order valence-corrected chi connectivity index (χ1v) is 5.44. The summed E-state index contributed by atoms with van der Waals surface area (Å²) in [6.45, 7) is 3.65. The van der Waals surface area contributed by atoms with Crippen LogP contribution in [0, 0.1) is 0 Å². The Labute approximate surface area is 124 Å². The minimum absolute atomic E-state index is 0.211. The van der Waals surface area contributed by atoms with Gasteiger partial charge in [0.2, 0.25) is 0 Å². The summed E-state index contributed by atoms with van der Waals surface area (Å²) in [6.07, 6.45) is 2.23. The van der Waals surface area contributed by atoms with E-state index in [2.05, 4.69) is 4.74 Å². The number of carbonyl (C=O) groups excluding carboxylic acids is 1. The molecule has 0 fully saturated rings. The minimum atomic E-state index is -1.26. The molecule has 0 saturated carbocycles. The molecule has 0 saturated heterocycles. The Balaban J connectivity index is -0.000000249. The van der Waals surface area contributed by atoms with Crippen LogP contribution in [0.3, 0.4) is 0 Å². The summed E-state index contributed by atoms with van der Waals surface area (Å²) in [4.78, 5) is 48.0. The molecule has 0 radical (unpaired) electrons. The molecule has 0 aromatic heterocycles. The fourth-order valence-electron chi connectivity index (χ4n) is 0.488. The Morgan fingerprint density at radius 1 is 0.727 bits per heavy atom. The molecule has 0 spiro atoms. The zero-order valence-electron chi connectivity index (χ0n) is 11.8. The van der Waals surface area contributed by atoms with Gasteiger partial charge in [0.15, 0.2) is 0 Å². The van der Waals surface area contributed by atoms with Crippen molar-refractivity contribution in [2.45, 2.75) is 13.8 Å². The first kappa shape index (κ1) is 23.9. The van der Waals surface area contributed by atoms with Gasteiger partial charge in [-0.25, -0.2) is 19.2 Å². The number of carboxylic acids is 4. The highest BCUT2D eigenvalue weighted by molar-refractivity contribution is 5.90. The summed E-state index contributed by atoms with van der Waals surface area (Å²) in [5.74, 6) is -5.24. The number of hydrogen-bond acceptors (Lipinski definition) is 6. The van der Waals surface area contributed by atoms with Gasteiger partial charge in [0, 0.05) is 31.2 Å². The zero-order valence-corrected chi connectivity index (χ0v) is 11.8. The summed E-state index contributed by atoms with van der Waals surface area (Å²) in [5.41, 5.74) is 0. The summed E-state index contributed by atoms with van der Waals surface area (Å²) >= 11 is 0. The van der Waals surface area contributed by atoms with Crippen LogP contribution in [0.2, 0.25) is 0 Å². The highest BCUT2D eigenvalue weighted by Crippen LogP contribution is 1.71.